The molecule has 2 amide bonds. The molecule has 0 radical (unpaired) electrons. The maximum absolute atomic E-state index is 13.9. The summed E-state index contributed by atoms with van der Waals surface area (Å²) in [6.45, 7) is 3.80. The van der Waals surface area contributed by atoms with Gasteiger partial charge in [-0.05, 0) is 37.1 Å². The lowest BCUT2D eigenvalue weighted by Crippen LogP contribution is -2.53. The number of anilines is 1. The molecule has 3 aromatic rings. The Morgan fingerprint density at radius 3 is 2.14 bits per heavy atom. The van der Waals surface area contributed by atoms with Crippen LogP contribution in [0.25, 0.3) is 0 Å². The van der Waals surface area contributed by atoms with Crippen molar-refractivity contribution in [2.45, 2.75) is 32.9 Å². The maximum Gasteiger partial charge on any atom is 0.244 e. The highest BCUT2D eigenvalue weighted by Crippen LogP contribution is 2.27. The molecule has 196 valence electrons. The molecule has 0 bridgehead atoms. The van der Waals surface area contributed by atoms with E-state index >= 15 is 0 Å². The first kappa shape index (κ1) is 28.2. The molecule has 0 aromatic heterocycles. The Morgan fingerprint density at radius 2 is 1.54 bits per heavy atom. The molecular weight excluding hydrogens is 510 g/mol. The fourth-order valence-electron chi connectivity index (χ4n) is 3.98. The second-order valence-electron chi connectivity index (χ2n) is 8.83. The lowest BCUT2D eigenvalue weighted by Gasteiger charge is -2.33. The van der Waals surface area contributed by atoms with Gasteiger partial charge in [0, 0.05) is 19.5 Å². The molecule has 0 heterocycles. The van der Waals surface area contributed by atoms with Crippen LogP contribution >= 0.6 is 11.6 Å². The molecule has 1 atom stereocenters. The monoisotopic (exact) mass is 541 g/mol. The van der Waals surface area contributed by atoms with E-state index in [4.69, 9.17) is 11.6 Å². The number of para-hydroxylation sites is 1. The summed E-state index contributed by atoms with van der Waals surface area (Å²) in [6.07, 6.45) is 1.30. The van der Waals surface area contributed by atoms with Crippen molar-refractivity contribution in [2.75, 3.05) is 23.7 Å². The zero-order valence-electron chi connectivity index (χ0n) is 21.2. The minimum absolute atomic E-state index is 0.133. The van der Waals surface area contributed by atoms with Crippen molar-refractivity contribution in [3.8, 4) is 0 Å². The van der Waals surface area contributed by atoms with Gasteiger partial charge < -0.3 is 10.2 Å². The number of hydrogen-bond donors (Lipinski definition) is 1. The molecule has 7 nitrogen and oxygen atoms in total. The Hall–Kier alpha value is -3.36. The van der Waals surface area contributed by atoms with Crippen LogP contribution in [0.3, 0.4) is 0 Å². The van der Waals surface area contributed by atoms with E-state index in [1.54, 1.807) is 24.3 Å². The molecule has 3 rings (SSSR count). The van der Waals surface area contributed by atoms with E-state index in [2.05, 4.69) is 5.32 Å². The average molecular weight is 542 g/mol. The zero-order valence-corrected chi connectivity index (χ0v) is 22.8. The fourth-order valence-corrected chi connectivity index (χ4v) is 5.13. The van der Waals surface area contributed by atoms with Crippen molar-refractivity contribution in [3.63, 3.8) is 0 Å². The van der Waals surface area contributed by atoms with Gasteiger partial charge in [-0.3, -0.25) is 13.9 Å². The number of halogens is 1. The summed E-state index contributed by atoms with van der Waals surface area (Å²) in [5.41, 5.74) is 2.97. The van der Waals surface area contributed by atoms with E-state index in [9.17, 15) is 18.0 Å². The third-order valence-corrected chi connectivity index (χ3v) is 7.34. The highest BCUT2D eigenvalue weighted by atomic mass is 35.5. The number of nitrogens with one attached hydrogen (secondary N) is 1. The van der Waals surface area contributed by atoms with Gasteiger partial charge >= 0.3 is 0 Å². The summed E-state index contributed by atoms with van der Waals surface area (Å²) in [7, 11) is -3.86. The number of amides is 2. The highest BCUT2D eigenvalue weighted by molar-refractivity contribution is 7.92. The Morgan fingerprint density at radius 1 is 0.919 bits per heavy atom. The Kier molecular flexibility index (Phi) is 9.72. The van der Waals surface area contributed by atoms with Gasteiger partial charge in [0.2, 0.25) is 21.8 Å². The minimum Gasteiger partial charge on any atom is -0.355 e. The molecule has 0 fully saturated rings. The topological polar surface area (TPSA) is 86.8 Å². The van der Waals surface area contributed by atoms with Gasteiger partial charge in [0.15, 0.2) is 0 Å². The van der Waals surface area contributed by atoms with Crippen LogP contribution in [-0.2, 0) is 32.6 Å². The van der Waals surface area contributed by atoms with Gasteiger partial charge in [0.05, 0.1) is 17.0 Å². The number of aryl methyl sites for hydroxylation is 1. The van der Waals surface area contributed by atoms with Crippen molar-refractivity contribution in [1.29, 1.82) is 0 Å². The van der Waals surface area contributed by atoms with Gasteiger partial charge in [0.25, 0.3) is 0 Å². The first-order valence-corrected chi connectivity index (χ1v) is 14.2. The van der Waals surface area contributed by atoms with Crippen molar-refractivity contribution in [2.24, 2.45) is 0 Å². The maximum atomic E-state index is 13.9. The van der Waals surface area contributed by atoms with Crippen molar-refractivity contribution >= 4 is 39.1 Å². The first-order chi connectivity index (χ1) is 17.6. The van der Waals surface area contributed by atoms with Crippen molar-refractivity contribution in [1.82, 2.24) is 10.2 Å². The van der Waals surface area contributed by atoms with Crippen LogP contribution in [0.4, 0.5) is 5.69 Å². The van der Waals surface area contributed by atoms with Gasteiger partial charge in [-0.25, -0.2) is 8.42 Å². The smallest absolute Gasteiger partial charge is 0.244 e. The molecule has 0 saturated heterocycles. The number of hydrogen-bond acceptors (Lipinski definition) is 4. The normalized spacial score (nSPS) is 12.0. The van der Waals surface area contributed by atoms with Gasteiger partial charge in [-0.1, -0.05) is 83.9 Å². The van der Waals surface area contributed by atoms with Gasteiger partial charge in [0.1, 0.15) is 12.6 Å². The summed E-state index contributed by atoms with van der Waals surface area (Å²) in [5.74, 6) is -0.825. The summed E-state index contributed by atoms with van der Waals surface area (Å²) >= 11 is 6.30. The molecule has 37 heavy (non-hydrogen) atoms. The van der Waals surface area contributed by atoms with E-state index in [0.29, 0.717) is 6.54 Å². The van der Waals surface area contributed by atoms with Crippen LogP contribution in [0, 0.1) is 6.92 Å². The number of sulfonamides is 1. The molecule has 0 unspecified atom stereocenters. The lowest BCUT2D eigenvalue weighted by molar-refractivity contribution is -0.140. The molecule has 0 aliphatic carbocycles. The van der Waals surface area contributed by atoms with Crippen LogP contribution < -0.4 is 9.62 Å². The minimum atomic E-state index is -3.86. The third-order valence-electron chi connectivity index (χ3n) is 5.90. The largest absolute Gasteiger partial charge is 0.355 e. The van der Waals surface area contributed by atoms with Gasteiger partial charge in [-0.15, -0.1) is 0 Å². The zero-order chi connectivity index (χ0) is 27.0. The third kappa shape index (κ3) is 7.81. The SMILES string of the molecule is CCNC(=O)[C@@H](Cc1ccccc1)N(Cc1ccc(C)cc1)C(=O)CN(c1ccccc1Cl)S(C)(=O)=O. The highest BCUT2D eigenvalue weighted by Gasteiger charge is 2.33. The summed E-state index contributed by atoms with van der Waals surface area (Å²) in [4.78, 5) is 28.6. The molecule has 0 saturated carbocycles. The number of likely N-dealkylation sites (N-methyl/N-ethyl adjacent to an activating group) is 1. The summed E-state index contributed by atoms with van der Waals surface area (Å²) in [6, 6.07) is 22.7. The van der Waals surface area contributed by atoms with E-state index in [-0.39, 0.29) is 29.6 Å². The molecule has 0 spiro atoms. The van der Waals surface area contributed by atoms with Crippen LogP contribution in [0.15, 0.2) is 78.9 Å². The van der Waals surface area contributed by atoms with Gasteiger partial charge in [-0.2, -0.15) is 0 Å². The molecule has 9 heteroatoms. The van der Waals surface area contributed by atoms with E-state index in [1.165, 1.54) is 4.90 Å². The Bertz CT molecular complexity index is 1310. The Balaban J connectivity index is 2.04. The molecular formula is C28H32ClN3O4S. The van der Waals surface area contributed by atoms with E-state index < -0.39 is 28.5 Å². The average Bonchev–Trinajstić information content (AvgIpc) is 2.86. The van der Waals surface area contributed by atoms with Crippen molar-refractivity contribution in [3.05, 3.63) is 101 Å². The predicted octanol–water partition coefficient (Wildman–Crippen LogP) is 4.19. The number of benzene rings is 3. The van der Waals surface area contributed by atoms with Crippen molar-refractivity contribution < 1.29 is 18.0 Å². The number of nitrogens with zero attached hydrogens (tertiary/aromatic N) is 2. The van der Waals surface area contributed by atoms with Crippen LogP contribution in [0.2, 0.25) is 5.02 Å². The second-order valence-corrected chi connectivity index (χ2v) is 11.1. The lowest BCUT2D eigenvalue weighted by atomic mass is 10.0. The molecule has 3 aromatic carbocycles. The number of rotatable bonds is 11. The van der Waals surface area contributed by atoms with Crippen LogP contribution in [-0.4, -0.2) is 50.5 Å². The second kappa shape index (κ2) is 12.7. The molecule has 0 aliphatic heterocycles. The summed E-state index contributed by atoms with van der Waals surface area (Å²) < 4.78 is 26.5. The standard InChI is InChI=1S/C28H32ClN3O4S/c1-4-30-28(34)26(18-22-10-6-5-7-11-22)31(19-23-16-14-21(2)15-17-23)27(33)20-32(37(3,35)36)25-13-9-8-12-24(25)29/h5-17,26H,4,18-20H2,1-3H3,(H,30,34)/t26-/m1/s1. The molecule has 0 aliphatic rings. The Labute approximate surface area is 224 Å². The van der Waals surface area contributed by atoms with Crippen LogP contribution in [0.1, 0.15) is 23.6 Å². The number of carbonyl (C=O) groups excluding carboxylic acids is 2. The fraction of sp³-hybridized carbons (Fsp3) is 0.286. The summed E-state index contributed by atoms with van der Waals surface area (Å²) in [5, 5.41) is 3.04. The predicted molar refractivity (Wildman–Crippen MR) is 148 cm³/mol. The van der Waals surface area contributed by atoms with E-state index in [1.807, 2.05) is 68.4 Å². The quantitative estimate of drug-likeness (QED) is 0.394. The first-order valence-electron chi connectivity index (χ1n) is 12.0. The molecule has 1 N–H and O–H groups in total. The number of carbonyl (C=O) groups is 2. The van der Waals surface area contributed by atoms with Crippen LogP contribution in [0.5, 0.6) is 0 Å². The van der Waals surface area contributed by atoms with E-state index in [0.717, 1.165) is 27.3 Å².